The van der Waals surface area contributed by atoms with Gasteiger partial charge in [0.25, 0.3) is 0 Å². The van der Waals surface area contributed by atoms with Gasteiger partial charge in [-0.25, -0.2) is 0 Å². The summed E-state index contributed by atoms with van der Waals surface area (Å²) in [5.41, 5.74) is 2.06. The molecule has 0 radical (unpaired) electrons. The Labute approximate surface area is 152 Å². The van der Waals surface area contributed by atoms with Gasteiger partial charge in [-0.2, -0.15) is 0 Å². The first-order valence-electron chi connectivity index (χ1n) is 7.87. The van der Waals surface area contributed by atoms with Crippen molar-refractivity contribution in [2.45, 2.75) is 13.2 Å². The van der Waals surface area contributed by atoms with E-state index >= 15 is 0 Å². The minimum absolute atomic E-state index is 0.148. The van der Waals surface area contributed by atoms with Crippen molar-refractivity contribution < 1.29 is 9.84 Å². The van der Waals surface area contributed by atoms with E-state index in [2.05, 4.69) is 10.6 Å². The summed E-state index contributed by atoms with van der Waals surface area (Å²) in [5.74, 6) is 0.510. The van der Waals surface area contributed by atoms with Crippen LogP contribution in [0.3, 0.4) is 0 Å². The number of halogens is 2. The lowest BCUT2D eigenvalue weighted by atomic mass is 10.2. The maximum atomic E-state index is 8.68. The van der Waals surface area contributed by atoms with Crippen LogP contribution < -0.4 is 15.4 Å². The van der Waals surface area contributed by atoms with Gasteiger partial charge < -0.3 is 20.5 Å². The van der Waals surface area contributed by atoms with Crippen molar-refractivity contribution in [2.75, 3.05) is 26.2 Å². The van der Waals surface area contributed by atoms with E-state index in [1.54, 1.807) is 0 Å². The topological polar surface area (TPSA) is 53.5 Å². The standard InChI is InChI=1S/C18H22Cl2N2O2/c19-16-10-15(12-22-7-6-21-8-9-23)11-17(20)18(16)24-13-14-4-2-1-3-5-14/h1-5,10-11,21-23H,6-9,12-13H2. The summed E-state index contributed by atoms with van der Waals surface area (Å²) in [7, 11) is 0. The highest BCUT2D eigenvalue weighted by molar-refractivity contribution is 6.37. The van der Waals surface area contributed by atoms with Gasteiger partial charge in [0.1, 0.15) is 6.61 Å². The first-order chi connectivity index (χ1) is 11.7. The molecule has 0 amide bonds. The lowest BCUT2D eigenvalue weighted by Gasteiger charge is -2.12. The van der Waals surface area contributed by atoms with Crippen LogP contribution in [-0.2, 0) is 13.2 Å². The fourth-order valence-corrected chi connectivity index (χ4v) is 2.84. The molecule has 0 unspecified atom stereocenters. The van der Waals surface area contributed by atoms with Crippen LogP contribution in [0.1, 0.15) is 11.1 Å². The molecule has 6 heteroatoms. The number of ether oxygens (including phenoxy) is 1. The molecule has 2 aromatic carbocycles. The smallest absolute Gasteiger partial charge is 0.156 e. The molecule has 2 rings (SSSR count). The molecular formula is C18H22Cl2N2O2. The van der Waals surface area contributed by atoms with Crippen LogP contribution in [0.25, 0.3) is 0 Å². The molecule has 0 atom stereocenters. The van der Waals surface area contributed by atoms with Gasteiger partial charge in [-0.1, -0.05) is 53.5 Å². The largest absolute Gasteiger partial charge is 0.486 e. The van der Waals surface area contributed by atoms with Crippen molar-refractivity contribution in [2.24, 2.45) is 0 Å². The third-order valence-electron chi connectivity index (χ3n) is 3.38. The SMILES string of the molecule is OCCNCCNCc1cc(Cl)c(OCc2ccccc2)c(Cl)c1. The van der Waals surface area contributed by atoms with Gasteiger partial charge in [0.05, 0.1) is 16.7 Å². The van der Waals surface area contributed by atoms with Crippen LogP contribution in [0.4, 0.5) is 0 Å². The minimum Gasteiger partial charge on any atom is -0.486 e. The number of benzene rings is 2. The molecule has 4 nitrogen and oxygen atoms in total. The molecule has 0 aromatic heterocycles. The Balaban J connectivity index is 1.86. The molecule has 0 spiro atoms. The number of aliphatic hydroxyl groups excluding tert-OH is 1. The Morgan fingerprint density at radius 3 is 2.21 bits per heavy atom. The van der Waals surface area contributed by atoms with E-state index in [0.29, 0.717) is 35.5 Å². The van der Waals surface area contributed by atoms with Crippen LogP contribution in [0, 0.1) is 0 Å². The van der Waals surface area contributed by atoms with Crippen LogP contribution in [0.2, 0.25) is 10.0 Å². The Bertz CT molecular complexity index is 601. The second-order valence-electron chi connectivity index (χ2n) is 5.31. The minimum atomic E-state index is 0.148. The maximum Gasteiger partial charge on any atom is 0.156 e. The summed E-state index contributed by atoms with van der Waals surface area (Å²) in [6.07, 6.45) is 0. The predicted molar refractivity (Wildman–Crippen MR) is 98.9 cm³/mol. The summed E-state index contributed by atoms with van der Waals surface area (Å²) in [4.78, 5) is 0. The Hall–Kier alpha value is -1.30. The summed E-state index contributed by atoms with van der Waals surface area (Å²) < 4.78 is 5.76. The number of hydrogen-bond donors (Lipinski definition) is 3. The molecule has 0 aliphatic carbocycles. The lowest BCUT2D eigenvalue weighted by molar-refractivity contribution is 0.292. The monoisotopic (exact) mass is 368 g/mol. The highest BCUT2D eigenvalue weighted by atomic mass is 35.5. The zero-order chi connectivity index (χ0) is 17.2. The number of rotatable bonds is 10. The van der Waals surface area contributed by atoms with Gasteiger partial charge in [0.15, 0.2) is 5.75 Å². The van der Waals surface area contributed by atoms with E-state index in [0.717, 1.165) is 24.2 Å². The summed E-state index contributed by atoms with van der Waals surface area (Å²) >= 11 is 12.6. The third-order valence-corrected chi connectivity index (χ3v) is 3.94. The normalized spacial score (nSPS) is 10.8. The van der Waals surface area contributed by atoms with E-state index in [1.165, 1.54) is 0 Å². The highest BCUT2D eigenvalue weighted by Crippen LogP contribution is 2.34. The van der Waals surface area contributed by atoms with E-state index in [9.17, 15) is 0 Å². The number of aliphatic hydroxyl groups is 1. The highest BCUT2D eigenvalue weighted by Gasteiger charge is 2.10. The van der Waals surface area contributed by atoms with E-state index in [4.69, 9.17) is 33.0 Å². The molecule has 3 N–H and O–H groups in total. The molecule has 0 bridgehead atoms. The molecule has 0 aliphatic rings. The second-order valence-corrected chi connectivity index (χ2v) is 6.13. The Kier molecular flexibility index (Phi) is 8.36. The molecule has 0 aliphatic heterocycles. The van der Waals surface area contributed by atoms with Crippen LogP contribution in [0.15, 0.2) is 42.5 Å². The predicted octanol–water partition coefficient (Wildman–Crippen LogP) is 3.24. The van der Waals surface area contributed by atoms with E-state index in [1.807, 2.05) is 42.5 Å². The zero-order valence-corrected chi connectivity index (χ0v) is 14.9. The Morgan fingerprint density at radius 2 is 1.54 bits per heavy atom. The zero-order valence-electron chi connectivity index (χ0n) is 13.4. The van der Waals surface area contributed by atoms with Gasteiger partial charge in [-0.3, -0.25) is 0 Å². The van der Waals surface area contributed by atoms with Crippen LogP contribution in [-0.4, -0.2) is 31.3 Å². The molecule has 0 saturated heterocycles. The first-order valence-corrected chi connectivity index (χ1v) is 8.63. The summed E-state index contributed by atoms with van der Waals surface area (Å²) in [6, 6.07) is 13.6. The summed E-state index contributed by atoms with van der Waals surface area (Å²) in [6.45, 7) is 3.43. The number of nitrogens with one attached hydrogen (secondary N) is 2. The van der Waals surface area contributed by atoms with Gasteiger partial charge in [-0.05, 0) is 23.3 Å². The van der Waals surface area contributed by atoms with Crippen molar-refractivity contribution in [3.8, 4) is 5.75 Å². The van der Waals surface area contributed by atoms with Gasteiger partial charge in [0.2, 0.25) is 0 Å². The van der Waals surface area contributed by atoms with Crippen molar-refractivity contribution in [1.82, 2.24) is 10.6 Å². The van der Waals surface area contributed by atoms with Crippen LogP contribution >= 0.6 is 23.2 Å². The maximum absolute atomic E-state index is 8.68. The molecule has 24 heavy (non-hydrogen) atoms. The lowest BCUT2D eigenvalue weighted by Crippen LogP contribution is -2.28. The average molecular weight is 369 g/mol. The summed E-state index contributed by atoms with van der Waals surface area (Å²) in [5, 5.41) is 16.1. The quantitative estimate of drug-likeness (QED) is 0.563. The van der Waals surface area contributed by atoms with Crippen LogP contribution in [0.5, 0.6) is 5.75 Å². The van der Waals surface area contributed by atoms with E-state index < -0.39 is 0 Å². The van der Waals surface area contributed by atoms with Crippen molar-refractivity contribution in [3.05, 3.63) is 63.6 Å². The molecule has 2 aromatic rings. The van der Waals surface area contributed by atoms with E-state index in [-0.39, 0.29) is 6.61 Å². The second kappa shape index (κ2) is 10.5. The average Bonchev–Trinajstić information content (AvgIpc) is 2.58. The van der Waals surface area contributed by atoms with Crippen molar-refractivity contribution >= 4 is 23.2 Å². The van der Waals surface area contributed by atoms with Gasteiger partial charge >= 0.3 is 0 Å². The van der Waals surface area contributed by atoms with Crippen molar-refractivity contribution in [1.29, 1.82) is 0 Å². The third kappa shape index (κ3) is 6.30. The Morgan fingerprint density at radius 1 is 0.875 bits per heavy atom. The van der Waals surface area contributed by atoms with Gasteiger partial charge in [0, 0.05) is 26.2 Å². The molecule has 130 valence electrons. The molecular weight excluding hydrogens is 347 g/mol. The fraction of sp³-hybridized carbons (Fsp3) is 0.333. The fourth-order valence-electron chi connectivity index (χ4n) is 2.20. The number of hydrogen-bond acceptors (Lipinski definition) is 4. The molecule has 0 saturated carbocycles. The first kappa shape index (κ1) is 19.0. The van der Waals surface area contributed by atoms with Gasteiger partial charge in [-0.15, -0.1) is 0 Å². The molecule has 0 fully saturated rings. The molecule has 0 heterocycles. The van der Waals surface area contributed by atoms with Crippen molar-refractivity contribution in [3.63, 3.8) is 0 Å².